The van der Waals surface area contributed by atoms with E-state index < -0.39 is 11.9 Å². The number of thioether (sulfide) groups is 1. The maximum Gasteiger partial charge on any atom is 0.337 e. The third kappa shape index (κ3) is 5.02. The van der Waals surface area contributed by atoms with E-state index in [1.165, 1.54) is 16.7 Å². The molecule has 1 atom stereocenters. The maximum absolute atomic E-state index is 13.4. The second-order valence-corrected chi connectivity index (χ2v) is 10.5. The van der Waals surface area contributed by atoms with Gasteiger partial charge in [0, 0.05) is 17.3 Å². The molecule has 0 aliphatic carbocycles. The number of esters is 1. The van der Waals surface area contributed by atoms with Crippen LogP contribution in [0.25, 0.3) is 5.70 Å². The molecule has 2 amide bonds. The van der Waals surface area contributed by atoms with Crippen LogP contribution in [0, 0.1) is 11.3 Å². The number of ether oxygens (including phenoxy) is 1. The van der Waals surface area contributed by atoms with Crippen molar-refractivity contribution in [2.75, 3.05) is 18.9 Å². The molecular weight excluding hydrogens is 546 g/mol. The van der Waals surface area contributed by atoms with Gasteiger partial charge in [-0.15, -0.1) is 11.8 Å². The standard InChI is InChI=1S/C31H24ClN3O4S/c1-2-39-31(38)26-25(22-14-8-9-15-24(22)32)23(18-33)28(34-27(26)19-10-4-3-5-11-19)40-17-16-35-29(36)20-12-6-7-13-21(20)30(35)37/h3-15,25,34H,2,16-17H2,1H3/t25-/m1/s1. The van der Waals surface area contributed by atoms with E-state index in [9.17, 15) is 19.6 Å². The van der Waals surface area contributed by atoms with E-state index in [1.54, 1.807) is 55.5 Å². The number of halogens is 1. The molecule has 3 aromatic rings. The lowest BCUT2D eigenvalue weighted by atomic mass is 9.81. The lowest BCUT2D eigenvalue weighted by Gasteiger charge is -2.31. The SMILES string of the molecule is CCOC(=O)C1=C(c2ccccc2)NC(SCCN2C(=O)c3ccccc3C2=O)=C(C#N)[C@H]1c1ccccc1Cl. The van der Waals surface area contributed by atoms with Crippen molar-refractivity contribution < 1.29 is 19.1 Å². The first-order valence-corrected chi connectivity index (χ1v) is 14.0. The molecule has 0 saturated heterocycles. The average molecular weight is 570 g/mol. The number of hydrogen-bond donors (Lipinski definition) is 1. The van der Waals surface area contributed by atoms with Gasteiger partial charge in [-0.1, -0.05) is 72.3 Å². The molecule has 200 valence electrons. The Morgan fingerprint density at radius 3 is 2.25 bits per heavy atom. The van der Waals surface area contributed by atoms with Crippen LogP contribution in [0.1, 0.15) is 44.7 Å². The number of benzene rings is 3. The number of dihydropyridines is 1. The van der Waals surface area contributed by atoms with Gasteiger partial charge in [0.15, 0.2) is 0 Å². The van der Waals surface area contributed by atoms with Gasteiger partial charge in [0.1, 0.15) is 0 Å². The number of carbonyl (C=O) groups excluding carboxylic acids is 3. The van der Waals surface area contributed by atoms with Crippen molar-refractivity contribution in [2.45, 2.75) is 12.8 Å². The number of hydrogen-bond acceptors (Lipinski definition) is 7. The summed E-state index contributed by atoms with van der Waals surface area (Å²) in [7, 11) is 0. The molecule has 40 heavy (non-hydrogen) atoms. The molecule has 1 N–H and O–H groups in total. The third-order valence-electron chi connectivity index (χ3n) is 6.66. The molecule has 5 rings (SSSR count). The highest BCUT2D eigenvalue weighted by Gasteiger charge is 2.39. The third-order valence-corrected chi connectivity index (χ3v) is 8.01. The highest BCUT2D eigenvalue weighted by molar-refractivity contribution is 8.03. The fourth-order valence-electron chi connectivity index (χ4n) is 4.86. The van der Waals surface area contributed by atoms with E-state index in [4.69, 9.17) is 16.3 Å². The van der Waals surface area contributed by atoms with Crippen LogP contribution in [0.4, 0.5) is 0 Å². The van der Waals surface area contributed by atoms with Crippen LogP contribution >= 0.6 is 23.4 Å². The smallest absolute Gasteiger partial charge is 0.337 e. The number of nitrogens with zero attached hydrogens (tertiary/aromatic N) is 2. The average Bonchev–Trinajstić information content (AvgIpc) is 3.22. The molecule has 0 fully saturated rings. The minimum Gasteiger partial charge on any atom is -0.463 e. The summed E-state index contributed by atoms with van der Waals surface area (Å²) in [4.78, 5) is 40.3. The van der Waals surface area contributed by atoms with Crippen LogP contribution in [0.15, 0.2) is 95.0 Å². The molecule has 0 unspecified atom stereocenters. The lowest BCUT2D eigenvalue weighted by Crippen LogP contribution is -2.33. The summed E-state index contributed by atoms with van der Waals surface area (Å²) in [6.45, 7) is 2.03. The summed E-state index contributed by atoms with van der Waals surface area (Å²) < 4.78 is 5.46. The minimum atomic E-state index is -0.795. The number of nitrogens with one attached hydrogen (secondary N) is 1. The second-order valence-electron chi connectivity index (χ2n) is 8.97. The molecular formula is C31H24ClN3O4S. The van der Waals surface area contributed by atoms with Crippen molar-refractivity contribution in [3.8, 4) is 6.07 Å². The number of amides is 2. The number of allylic oxidation sites excluding steroid dienone is 1. The van der Waals surface area contributed by atoms with Crippen molar-refractivity contribution in [3.63, 3.8) is 0 Å². The van der Waals surface area contributed by atoms with E-state index >= 15 is 0 Å². The monoisotopic (exact) mass is 569 g/mol. The summed E-state index contributed by atoms with van der Waals surface area (Å²) in [6.07, 6.45) is 0. The summed E-state index contributed by atoms with van der Waals surface area (Å²) in [6, 6.07) is 25.4. The Balaban J connectivity index is 1.53. The second kappa shape index (κ2) is 11.8. The van der Waals surface area contributed by atoms with Gasteiger partial charge in [-0.2, -0.15) is 5.26 Å². The Labute approximate surface area is 241 Å². The van der Waals surface area contributed by atoms with Crippen molar-refractivity contribution in [1.82, 2.24) is 10.2 Å². The molecule has 0 radical (unpaired) electrons. The van der Waals surface area contributed by atoms with Crippen molar-refractivity contribution in [2.24, 2.45) is 0 Å². The van der Waals surface area contributed by atoms with Crippen LogP contribution in [0.2, 0.25) is 5.02 Å². The van der Waals surface area contributed by atoms with Crippen LogP contribution in [-0.2, 0) is 9.53 Å². The molecule has 2 heterocycles. The van der Waals surface area contributed by atoms with Crippen LogP contribution in [0.5, 0.6) is 0 Å². The van der Waals surface area contributed by atoms with Crippen molar-refractivity contribution >= 4 is 46.8 Å². The first-order chi connectivity index (χ1) is 19.5. The molecule has 0 bridgehead atoms. The topological polar surface area (TPSA) is 99.5 Å². The summed E-state index contributed by atoms with van der Waals surface area (Å²) in [5.41, 5.74) is 3.18. The summed E-state index contributed by atoms with van der Waals surface area (Å²) in [5, 5.41) is 14.6. The van der Waals surface area contributed by atoms with Gasteiger partial charge < -0.3 is 10.1 Å². The maximum atomic E-state index is 13.4. The van der Waals surface area contributed by atoms with E-state index in [0.29, 0.717) is 43.8 Å². The lowest BCUT2D eigenvalue weighted by molar-refractivity contribution is -0.138. The zero-order valence-corrected chi connectivity index (χ0v) is 23.1. The summed E-state index contributed by atoms with van der Waals surface area (Å²) in [5.74, 6) is -1.70. The Bertz CT molecular complexity index is 1580. The van der Waals surface area contributed by atoms with Gasteiger partial charge in [0.2, 0.25) is 0 Å². The molecule has 0 spiro atoms. The van der Waals surface area contributed by atoms with Gasteiger partial charge in [-0.25, -0.2) is 4.79 Å². The Morgan fingerprint density at radius 1 is 1.00 bits per heavy atom. The van der Waals surface area contributed by atoms with E-state index in [1.807, 2.05) is 30.3 Å². The van der Waals surface area contributed by atoms with Crippen LogP contribution < -0.4 is 5.32 Å². The van der Waals surface area contributed by atoms with Gasteiger partial charge in [0.05, 0.1) is 51.6 Å². The first kappa shape index (κ1) is 27.3. The highest BCUT2D eigenvalue weighted by Crippen LogP contribution is 2.45. The van der Waals surface area contributed by atoms with Gasteiger partial charge in [-0.05, 0) is 36.2 Å². The molecule has 0 saturated carbocycles. The zero-order chi connectivity index (χ0) is 28.2. The van der Waals surface area contributed by atoms with Crippen LogP contribution in [-0.4, -0.2) is 41.6 Å². The number of carbonyl (C=O) groups is 3. The Morgan fingerprint density at radius 2 is 1.62 bits per heavy atom. The van der Waals surface area contributed by atoms with E-state index in [0.717, 1.165) is 5.56 Å². The highest BCUT2D eigenvalue weighted by atomic mass is 35.5. The molecule has 0 aromatic heterocycles. The van der Waals surface area contributed by atoms with Gasteiger partial charge >= 0.3 is 5.97 Å². The fraction of sp³-hybridized carbons (Fsp3) is 0.161. The van der Waals surface area contributed by atoms with E-state index in [-0.39, 0.29) is 30.5 Å². The number of imide groups is 1. The summed E-state index contributed by atoms with van der Waals surface area (Å²) >= 11 is 7.92. The Kier molecular flexibility index (Phi) is 8.06. The predicted molar refractivity (Wildman–Crippen MR) is 154 cm³/mol. The molecule has 3 aromatic carbocycles. The normalized spacial score (nSPS) is 16.5. The minimum absolute atomic E-state index is 0.146. The largest absolute Gasteiger partial charge is 0.463 e. The number of fused-ring (bicyclic) bond motifs is 1. The first-order valence-electron chi connectivity index (χ1n) is 12.7. The fourth-order valence-corrected chi connectivity index (χ4v) is 6.08. The van der Waals surface area contributed by atoms with Crippen molar-refractivity contribution in [3.05, 3.63) is 122 Å². The van der Waals surface area contributed by atoms with Gasteiger partial charge in [0.25, 0.3) is 11.8 Å². The molecule has 2 aliphatic heterocycles. The molecule has 9 heteroatoms. The van der Waals surface area contributed by atoms with E-state index in [2.05, 4.69) is 11.4 Å². The van der Waals surface area contributed by atoms with Crippen LogP contribution in [0.3, 0.4) is 0 Å². The number of nitriles is 1. The van der Waals surface area contributed by atoms with Crippen molar-refractivity contribution in [1.29, 1.82) is 5.26 Å². The Hall–Kier alpha value is -4.32. The molecule has 7 nitrogen and oxygen atoms in total. The van der Waals surface area contributed by atoms with Gasteiger partial charge in [-0.3, -0.25) is 14.5 Å². The quantitative estimate of drug-likeness (QED) is 0.272. The predicted octanol–water partition coefficient (Wildman–Crippen LogP) is 5.77. The number of rotatable bonds is 8. The molecule has 2 aliphatic rings. The zero-order valence-electron chi connectivity index (χ0n) is 21.5.